The van der Waals surface area contributed by atoms with Crippen molar-refractivity contribution >= 4 is 27.5 Å². The van der Waals surface area contributed by atoms with Crippen LogP contribution in [0.2, 0.25) is 5.02 Å². The van der Waals surface area contributed by atoms with E-state index < -0.39 is 10.0 Å². The Morgan fingerprint density at radius 1 is 1.00 bits per heavy atom. The molecule has 0 N–H and O–H groups in total. The lowest BCUT2D eigenvalue weighted by Crippen LogP contribution is -2.50. The van der Waals surface area contributed by atoms with Gasteiger partial charge < -0.3 is 9.42 Å². The van der Waals surface area contributed by atoms with E-state index >= 15 is 0 Å². The molecule has 1 aromatic carbocycles. The topological polar surface area (TPSA) is 96.6 Å². The average Bonchev–Trinajstić information content (AvgIpc) is 3.24. The molecule has 0 spiro atoms. The van der Waals surface area contributed by atoms with Gasteiger partial charge in [0.05, 0.1) is 4.90 Å². The zero-order chi connectivity index (χ0) is 20.4. The van der Waals surface area contributed by atoms with Gasteiger partial charge in [-0.15, -0.1) is 0 Å². The van der Waals surface area contributed by atoms with Gasteiger partial charge in [-0.2, -0.15) is 4.31 Å². The smallest absolute Gasteiger partial charge is 0.276 e. The monoisotopic (exact) mass is 432 g/mol. The minimum atomic E-state index is -3.63. The first-order valence-corrected chi connectivity index (χ1v) is 10.7. The zero-order valence-electron chi connectivity index (χ0n) is 15.2. The second-order valence-electron chi connectivity index (χ2n) is 6.46. The molecule has 0 atom stereocenters. The fraction of sp³-hybridized carbons (Fsp3) is 0.211. The van der Waals surface area contributed by atoms with E-state index in [1.54, 1.807) is 47.6 Å². The maximum atomic E-state index is 12.8. The predicted molar refractivity (Wildman–Crippen MR) is 106 cm³/mol. The van der Waals surface area contributed by atoms with E-state index in [0.29, 0.717) is 10.8 Å². The standard InChI is InChI=1S/C19H17ClN4O4S/c20-15-1-3-16(4-2-15)29(26,27)24-11-9-23(10-12-24)19(25)17-13-18(28-22-17)14-5-7-21-8-6-14/h1-8,13H,9-12H2. The molecule has 4 rings (SSSR count). The molecule has 1 fully saturated rings. The Hall–Kier alpha value is -2.75. The first-order chi connectivity index (χ1) is 13.9. The molecule has 1 amide bonds. The van der Waals surface area contributed by atoms with Crippen LogP contribution in [-0.2, 0) is 10.0 Å². The quantitative estimate of drug-likeness (QED) is 0.628. The number of nitrogens with zero attached hydrogens (tertiary/aromatic N) is 4. The van der Waals surface area contributed by atoms with Crippen LogP contribution in [0.3, 0.4) is 0 Å². The van der Waals surface area contributed by atoms with Crippen molar-refractivity contribution in [3.63, 3.8) is 0 Å². The first kappa shape index (κ1) is 19.6. The van der Waals surface area contributed by atoms with Crippen LogP contribution < -0.4 is 0 Å². The van der Waals surface area contributed by atoms with Crippen molar-refractivity contribution in [2.75, 3.05) is 26.2 Å². The summed E-state index contributed by atoms with van der Waals surface area (Å²) in [6.07, 6.45) is 3.25. The number of pyridine rings is 1. The molecule has 0 saturated carbocycles. The van der Waals surface area contributed by atoms with Crippen molar-refractivity contribution in [2.45, 2.75) is 4.90 Å². The molecule has 0 radical (unpaired) electrons. The summed E-state index contributed by atoms with van der Waals surface area (Å²) in [5.74, 6) is 0.178. The van der Waals surface area contributed by atoms with E-state index in [-0.39, 0.29) is 42.7 Å². The van der Waals surface area contributed by atoms with Crippen LogP contribution in [0.5, 0.6) is 0 Å². The summed E-state index contributed by atoms with van der Waals surface area (Å²) in [6, 6.07) is 11.1. The SMILES string of the molecule is O=C(c1cc(-c2ccncc2)on1)N1CCN(S(=O)(=O)c2ccc(Cl)cc2)CC1. The number of carbonyl (C=O) groups is 1. The fourth-order valence-corrected chi connectivity index (χ4v) is 4.63. The lowest BCUT2D eigenvalue weighted by molar-refractivity contribution is 0.0687. The van der Waals surface area contributed by atoms with Crippen molar-refractivity contribution in [3.05, 3.63) is 65.6 Å². The molecule has 10 heteroatoms. The molecule has 8 nitrogen and oxygen atoms in total. The van der Waals surface area contributed by atoms with Crippen LogP contribution in [0.1, 0.15) is 10.5 Å². The maximum Gasteiger partial charge on any atom is 0.276 e. The van der Waals surface area contributed by atoms with E-state index in [1.165, 1.54) is 16.4 Å². The Labute approximate surface area is 172 Å². The van der Waals surface area contributed by atoms with E-state index in [4.69, 9.17) is 16.1 Å². The molecule has 1 aliphatic rings. The van der Waals surface area contributed by atoms with Crippen molar-refractivity contribution in [1.82, 2.24) is 19.3 Å². The van der Waals surface area contributed by atoms with Crippen LogP contribution in [0, 0.1) is 0 Å². The van der Waals surface area contributed by atoms with E-state index in [9.17, 15) is 13.2 Å². The van der Waals surface area contributed by atoms with Gasteiger partial charge in [0.25, 0.3) is 5.91 Å². The number of sulfonamides is 1. The summed E-state index contributed by atoms with van der Waals surface area (Å²) in [5, 5.41) is 4.33. The molecular formula is C19H17ClN4O4S. The Bertz CT molecular complexity index is 1110. The van der Waals surface area contributed by atoms with Crippen LogP contribution >= 0.6 is 11.6 Å². The highest BCUT2D eigenvalue weighted by atomic mass is 35.5. The Morgan fingerprint density at radius 2 is 1.66 bits per heavy atom. The number of carbonyl (C=O) groups excluding carboxylic acids is 1. The normalized spacial score (nSPS) is 15.4. The van der Waals surface area contributed by atoms with Crippen molar-refractivity contribution < 1.29 is 17.7 Å². The van der Waals surface area contributed by atoms with Gasteiger partial charge in [-0.05, 0) is 36.4 Å². The fourth-order valence-electron chi connectivity index (χ4n) is 3.08. The van der Waals surface area contributed by atoms with Gasteiger partial charge in [-0.1, -0.05) is 16.8 Å². The van der Waals surface area contributed by atoms with Crippen molar-refractivity contribution in [2.24, 2.45) is 0 Å². The molecule has 3 heterocycles. The lowest BCUT2D eigenvalue weighted by atomic mass is 10.2. The van der Waals surface area contributed by atoms with Crippen LogP contribution in [0.15, 0.2) is 64.3 Å². The summed E-state index contributed by atoms with van der Waals surface area (Å²) in [6.45, 7) is 0.934. The molecule has 0 bridgehead atoms. The van der Waals surface area contributed by atoms with Gasteiger partial charge in [0.2, 0.25) is 10.0 Å². The third kappa shape index (κ3) is 4.02. The van der Waals surface area contributed by atoms with E-state index in [0.717, 1.165) is 5.56 Å². The number of hydrogen-bond donors (Lipinski definition) is 0. The lowest BCUT2D eigenvalue weighted by Gasteiger charge is -2.33. The summed E-state index contributed by atoms with van der Waals surface area (Å²) in [5.41, 5.74) is 0.955. The second kappa shape index (κ2) is 7.94. The maximum absolute atomic E-state index is 12.8. The molecule has 3 aromatic rings. The molecule has 1 saturated heterocycles. The predicted octanol–water partition coefficient (Wildman–Crippen LogP) is 2.54. The van der Waals surface area contributed by atoms with Gasteiger partial charge in [0, 0.05) is 55.2 Å². The van der Waals surface area contributed by atoms with Gasteiger partial charge in [-0.25, -0.2) is 8.42 Å². The highest BCUT2D eigenvalue weighted by molar-refractivity contribution is 7.89. The minimum absolute atomic E-state index is 0.181. The largest absolute Gasteiger partial charge is 0.355 e. The minimum Gasteiger partial charge on any atom is -0.355 e. The van der Waals surface area contributed by atoms with E-state index in [1.807, 2.05) is 0 Å². The van der Waals surface area contributed by atoms with Crippen molar-refractivity contribution in [1.29, 1.82) is 0 Å². The molecule has 29 heavy (non-hydrogen) atoms. The van der Waals surface area contributed by atoms with Crippen molar-refractivity contribution in [3.8, 4) is 11.3 Å². The second-order valence-corrected chi connectivity index (χ2v) is 8.84. The molecule has 0 aliphatic carbocycles. The third-order valence-electron chi connectivity index (χ3n) is 4.67. The number of halogens is 1. The summed E-state index contributed by atoms with van der Waals surface area (Å²) >= 11 is 5.83. The number of benzene rings is 1. The number of amides is 1. The van der Waals surface area contributed by atoms with Crippen LogP contribution in [0.25, 0.3) is 11.3 Å². The van der Waals surface area contributed by atoms with Gasteiger partial charge >= 0.3 is 0 Å². The Balaban J connectivity index is 1.42. The highest BCUT2D eigenvalue weighted by Gasteiger charge is 2.31. The van der Waals surface area contributed by atoms with Gasteiger partial charge in [0.1, 0.15) is 0 Å². The summed E-state index contributed by atoms with van der Waals surface area (Å²) in [7, 11) is -3.63. The van der Waals surface area contributed by atoms with Gasteiger partial charge in [-0.3, -0.25) is 9.78 Å². The summed E-state index contributed by atoms with van der Waals surface area (Å²) < 4.78 is 32.1. The molecule has 150 valence electrons. The molecular weight excluding hydrogens is 416 g/mol. The average molecular weight is 433 g/mol. The van der Waals surface area contributed by atoms with Crippen LogP contribution in [0.4, 0.5) is 0 Å². The molecule has 1 aliphatic heterocycles. The molecule has 2 aromatic heterocycles. The van der Waals surface area contributed by atoms with Crippen LogP contribution in [-0.4, -0.2) is 59.8 Å². The molecule has 0 unspecified atom stereocenters. The summed E-state index contributed by atoms with van der Waals surface area (Å²) in [4.78, 5) is 18.4. The Kier molecular flexibility index (Phi) is 5.35. The third-order valence-corrected chi connectivity index (χ3v) is 6.84. The zero-order valence-corrected chi connectivity index (χ0v) is 16.8. The number of hydrogen-bond acceptors (Lipinski definition) is 6. The van der Waals surface area contributed by atoms with E-state index in [2.05, 4.69) is 10.1 Å². The van der Waals surface area contributed by atoms with Gasteiger partial charge in [0.15, 0.2) is 11.5 Å². The number of rotatable bonds is 4. The number of aromatic nitrogens is 2. The Morgan fingerprint density at radius 3 is 2.31 bits per heavy atom. The number of piperazine rings is 1. The highest BCUT2D eigenvalue weighted by Crippen LogP contribution is 2.22. The first-order valence-electron chi connectivity index (χ1n) is 8.87.